The van der Waals surface area contributed by atoms with Crippen molar-refractivity contribution in [3.63, 3.8) is 0 Å². The molecule has 1 heterocycles. The summed E-state index contributed by atoms with van der Waals surface area (Å²) in [4.78, 5) is 13.2. The van der Waals surface area contributed by atoms with Crippen LogP contribution in [-0.4, -0.2) is 47.8 Å². The molecule has 0 unspecified atom stereocenters. The van der Waals surface area contributed by atoms with E-state index in [1.165, 1.54) is 0 Å². The number of ether oxygens (including phenoxy) is 1. The van der Waals surface area contributed by atoms with Gasteiger partial charge in [-0.15, -0.1) is 0 Å². The summed E-state index contributed by atoms with van der Waals surface area (Å²) in [6.45, 7) is 2.05. The molecular weight excluding hydrogens is 270 g/mol. The van der Waals surface area contributed by atoms with Gasteiger partial charge in [0.1, 0.15) is 12.4 Å². The van der Waals surface area contributed by atoms with E-state index in [-0.39, 0.29) is 6.54 Å². The van der Waals surface area contributed by atoms with Crippen LogP contribution in [0.15, 0.2) is 24.3 Å². The number of rotatable bonds is 5. The third kappa shape index (κ3) is 3.94. The molecule has 0 spiro atoms. The third-order valence-electron chi connectivity index (χ3n) is 3.65. The minimum Gasteiger partial charge on any atom is -0.492 e. The number of nitrogens with zero attached hydrogens (tertiary/aromatic N) is 2. The Kier molecular flexibility index (Phi) is 4.78. The van der Waals surface area contributed by atoms with Crippen molar-refractivity contribution in [2.45, 2.75) is 18.4 Å². The Bertz CT molecular complexity index is 555. The lowest BCUT2D eigenvalue weighted by atomic mass is 9.92. The molecule has 21 heavy (non-hydrogen) atoms. The van der Waals surface area contributed by atoms with Crippen molar-refractivity contribution in [1.82, 2.24) is 4.90 Å². The van der Waals surface area contributed by atoms with Gasteiger partial charge in [0.25, 0.3) is 5.91 Å². The number of hydrogen-bond donors (Lipinski definition) is 2. The number of carbonyl (C=O) groups is 1. The zero-order valence-electron chi connectivity index (χ0n) is 11.8. The summed E-state index contributed by atoms with van der Waals surface area (Å²) in [6, 6.07) is 9.00. The molecule has 1 amide bonds. The Hall–Kier alpha value is -2.10. The van der Waals surface area contributed by atoms with Gasteiger partial charge in [-0.05, 0) is 37.6 Å². The summed E-state index contributed by atoms with van der Waals surface area (Å²) in [6.07, 6.45) is 1.13. The molecule has 1 aromatic rings. The number of nitriles is 1. The number of primary amides is 1. The topological polar surface area (TPSA) is 99.6 Å². The molecule has 1 aromatic carbocycles. The van der Waals surface area contributed by atoms with E-state index in [0.717, 1.165) is 13.0 Å². The Morgan fingerprint density at radius 2 is 2.38 bits per heavy atom. The Morgan fingerprint density at radius 3 is 3.10 bits per heavy atom. The standard InChI is InChI=1S/C15H19N3O3/c16-10-12-3-1-4-13(9-12)21-8-7-18-6-2-5-15(20,11-18)14(17)19/h1,3-4,9,20H,2,5-8,11H2,(H2,17,19)/t15-/m0/s1. The summed E-state index contributed by atoms with van der Waals surface area (Å²) in [5.74, 6) is -0.0361. The van der Waals surface area contributed by atoms with Gasteiger partial charge in [0.2, 0.25) is 0 Å². The maximum Gasteiger partial charge on any atom is 0.250 e. The number of nitrogens with two attached hydrogens (primary N) is 1. The smallest absolute Gasteiger partial charge is 0.250 e. The number of β-amino-alcohol motifs (C(OH)–C–C–N with tert-alkyl or cyclic N) is 1. The van der Waals surface area contributed by atoms with Crippen LogP contribution in [0, 0.1) is 11.3 Å². The number of piperidine rings is 1. The van der Waals surface area contributed by atoms with Gasteiger partial charge in [0.05, 0.1) is 11.6 Å². The first kappa shape index (κ1) is 15.3. The SMILES string of the molecule is N#Cc1cccc(OCCN2CCC[C@@](O)(C(N)=O)C2)c1. The number of benzene rings is 1. The lowest BCUT2D eigenvalue weighted by molar-refractivity contribution is -0.142. The first-order valence-electron chi connectivity index (χ1n) is 6.91. The molecule has 2 rings (SSSR count). The normalized spacial score (nSPS) is 22.5. The predicted octanol–water partition coefficient (Wildman–Crippen LogP) is 0.249. The van der Waals surface area contributed by atoms with Gasteiger partial charge < -0.3 is 15.6 Å². The quantitative estimate of drug-likeness (QED) is 0.809. The van der Waals surface area contributed by atoms with Crippen LogP contribution in [0.1, 0.15) is 18.4 Å². The Morgan fingerprint density at radius 1 is 1.57 bits per heavy atom. The largest absolute Gasteiger partial charge is 0.492 e. The molecule has 1 aliphatic rings. The minimum atomic E-state index is -1.43. The van der Waals surface area contributed by atoms with E-state index in [1.54, 1.807) is 24.3 Å². The van der Waals surface area contributed by atoms with Crippen molar-refractivity contribution in [2.75, 3.05) is 26.2 Å². The maximum absolute atomic E-state index is 11.3. The zero-order chi connectivity index (χ0) is 15.3. The first-order valence-corrected chi connectivity index (χ1v) is 6.91. The number of hydrogen-bond acceptors (Lipinski definition) is 5. The molecule has 1 fully saturated rings. The number of carbonyl (C=O) groups excluding carboxylic acids is 1. The van der Waals surface area contributed by atoms with Crippen LogP contribution in [0.2, 0.25) is 0 Å². The van der Waals surface area contributed by atoms with Gasteiger partial charge in [-0.25, -0.2) is 0 Å². The lowest BCUT2D eigenvalue weighted by Gasteiger charge is -2.36. The van der Waals surface area contributed by atoms with E-state index < -0.39 is 11.5 Å². The second-order valence-electron chi connectivity index (χ2n) is 5.26. The molecule has 0 radical (unpaired) electrons. The van der Waals surface area contributed by atoms with E-state index in [2.05, 4.69) is 6.07 Å². The first-order chi connectivity index (χ1) is 10.0. The van der Waals surface area contributed by atoms with Crippen molar-refractivity contribution in [3.05, 3.63) is 29.8 Å². The van der Waals surface area contributed by atoms with Gasteiger partial charge >= 0.3 is 0 Å². The summed E-state index contributed by atoms with van der Waals surface area (Å²) >= 11 is 0. The summed E-state index contributed by atoms with van der Waals surface area (Å²) in [5, 5.41) is 18.9. The fourth-order valence-electron chi connectivity index (χ4n) is 2.46. The highest BCUT2D eigenvalue weighted by Gasteiger charge is 2.38. The van der Waals surface area contributed by atoms with Crippen LogP contribution >= 0.6 is 0 Å². The second kappa shape index (κ2) is 6.57. The van der Waals surface area contributed by atoms with Gasteiger partial charge in [0, 0.05) is 13.1 Å². The molecule has 0 saturated carbocycles. The molecular formula is C15H19N3O3. The highest BCUT2D eigenvalue weighted by Crippen LogP contribution is 2.20. The predicted molar refractivity (Wildman–Crippen MR) is 76.5 cm³/mol. The molecule has 1 aliphatic heterocycles. The van der Waals surface area contributed by atoms with Gasteiger partial charge in [-0.1, -0.05) is 6.07 Å². The molecule has 1 atom stereocenters. The van der Waals surface area contributed by atoms with Crippen LogP contribution < -0.4 is 10.5 Å². The van der Waals surface area contributed by atoms with Crippen molar-refractivity contribution in [3.8, 4) is 11.8 Å². The van der Waals surface area contributed by atoms with Crippen molar-refractivity contribution in [2.24, 2.45) is 5.73 Å². The van der Waals surface area contributed by atoms with Crippen LogP contribution in [-0.2, 0) is 4.79 Å². The Labute approximate surface area is 123 Å². The van der Waals surface area contributed by atoms with Gasteiger partial charge in [-0.2, -0.15) is 5.26 Å². The third-order valence-corrected chi connectivity index (χ3v) is 3.65. The summed E-state index contributed by atoms with van der Waals surface area (Å²) in [7, 11) is 0. The molecule has 6 heteroatoms. The van der Waals surface area contributed by atoms with Crippen molar-refractivity contribution >= 4 is 5.91 Å². The van der Waals surface area contributed by atoms with E-state index in [1.807, 2.05) is 4.90 Å². The van der Waals surface area contributed by atoms with Gasteiger partial charge in [-0.3, -0.25) is 9.69 Å². The molecule has 0 aromatic heterocycles. The lowest BCUT2D eigenvalue weighted by Crippen LogP contribution is -2.56. The van der Waals surface area contributed by atoms with Crippen molar-refractivity contribution < 1.29 is 14.6 Å². The highest BCUT2D eigenvalue weighted by atomic mass is 16.5. The van der Waals surface area contributed by atoms with Crippen LogP contribution in [0.5, 0.6) is 5.75 Å². The monoisotopic (exact) mass is 289 g/mol. The second-order valence-corrected chi connectivity index (χ2v) is 5.26. The van der Waals surface area contributed by atoms with E-state index >= 15 is 0 Å². The van der Waals surface area contributed by atoms with Gasteiger partial charge in [0.15, 0.2) is 5.60 Å². The molecule has 0 bridgehead atoms. The average Bonchev–Trinajstić information content (AvgIpc) is 2.47. The van der Waals surface area contributed by atoms with E-state index in [4.69, 9.17) is 15.7 Å². The fraction of sp³-hybridized carbons (Fsp3) is 0.467. The van der Waals surface area contributed by atoms with Crippen LogP contribution in [0.4, 0.5) is 0 Å². The number of aliphatic hydroxyl groups is 1. The molecule has 0 aliphatic carbocycles. The average molecular weight is 289 g/mol. The molecule has 112 valence electrons. The van der Waals surface area contributed by atoms with E-state index in [9.17, 15) is 9.90 Å². The maximum atomic E-state index is 11.3. The molecule has 1 saturated heterocycles. The number of amides is 1. The summed E-state index contributed by atoms with van der Waals surface area (Å²) < 4.78 is 5.59. The zero-order valence-corrected chi connectivity index (χ0v) is 11.8. The van der Waals surface area contributed by atoms with Crippen LogP contribution in [0.25, 0.3) is 0 Å². The highest BCUT2D eigenvalue weighted by molar-refractivity contribution is 5.83. The minimum absolute atomic E-state index is 0.240. The van der Waals surface area contributed by atoms with Crippen molar-refractivity contribution in [1.29, 1.82) is 5.26 Å². The molecule has 3 N–H and O–H groups in total. The van der Waals surface area contributed by atoms with E-state index in [0.29, 0.717) is 30.9 Å². The Balaban J connectivity index is 1.83. The number of likely N-dealkylation sites (tertiary alicyclic amines) is 1. The van der Waals surface area contributed by atoms with Crippen LogP contribution in [0.3, 0.4) is 0 Å². The summed E-state index contributed by atoms with van der Waals surface area (Å²) in [5.41, 5.74) is 4.36. The fourth-order valence-corrected chi connectivity index (χ4v) is 2.46. The molecule has 6 nitrogen and oxygen atoms in total.